The molecule has 0 aromatic heterocycles. The number of fused-ring (bicyclic) bond motifs is 1. The van der Waals surface area contributed by atoms with Crippen LogP contribution in [-0.2, 0) is 11.3 Å². The summed E-state index contributed by atoms with van der Waals surface area (Å²) >= 11 is 0. The zero-order valence-electron chi connectivity index (χ0n) is 16.1. The molecule has 2 aromatic rings. The fourth-order valence-corrected chi connectivity index (χ4v) is 3.54. The molecule has 28 heavy (non-hydrogen) atoms. The lowest BCUT2D eigenvalue weighted by Crippen LogP contribution is -2.57. The predicted molar refractivity (Wildman–Crippen MR) is 104 cm³/mol. The second-order valence-electron chi connectivity index (χ2n) is 7.52. The van der Waals surface area contributed by atoms with Crippen molar-refractivity contribution in [2.24, 2.45) is 5.92 Å². The number of hydrogen-bond acceptors (Lipinski definition) is 4. The molecule has 0 unspecified atom stereocenters. The zero-order chi connectivity index (χ0) is 19.7. The number of carbonyl (C=O) groups is 2. The zero-order valence-corrected chi connectivity index (χ0v) is 16.1. The Kier molecular flexibility index (Phi) is 4.94. The van der Waals surface area contributed by atoms with Crippen LogP contribution in [0.4, 0.5) is 0 Å². The average molecular weight is 380 g/mol. The first-order valence-electron chi connectivity index (χ1n) is 9.56. The molecule has 0 aliphatic carbocycles. The van der Waals surface area contributed by atoms with E-state index in [0.29, 0.717) is 36.7 Å². The standard InChI is InChI=1S/C22H24N2O4/c1-15(2)24(11-16-6-4-3-5-7-16)22(26)18-12-23(13-18)21(25)17-8-9-19-20(10-17)28-14-27-19/h3-10,15,18H,11-14H2,1-2H3. The van der Waals surface area contributed by atoms with Gasteiger partial charge in [0.15, 0.2) is 11.5 Å². The van der Waals surface area contributed by atoms with E-state index in [4.69, 9.17) is 9.47 Å². The molecule has 1 fully saturated rings. The van der Waals surface area contributed by atoms with Gasteiger partial charge in [-0.05, 0) is 37.6 Å². The molecule has 2 aliphatic rings. The van der Waals surface area contributed by atoms with Crippen LogP contribution in [-0.4, -0.2) is 47.5 Å². The second kappa shape index (κ2) is 7.54. The van der Waals surface area contributed by atoms with Crippen molar-refractivity contribution in [3.63, 3.8) is 0 Å². The minimum absolute atomic E-state index is 0.0819. The van der Waals surface area contributed by atoms with Gasteiger partial charge in [0.25, 0.3) is 5.91 Å². The molecule has 0 saturated carbocycles. The van der Waals surface area contributed by atoms with Crippen LogP contribution in [0.25, 0.3) is 0 Å². The summed E-state index contributed by atoms with van der Waals surface area (Å²) < 4.78 is 10.6. The Morgan fingerprint density at radius 1 is 1.07 bits per heavy atom. The maximum absolute atomic E-state index is 13.0. The monoisotopic (exact) mass is 380 g/mol. The quantitative estimate of drug-likeness (QED) is 0.800. The molecule has 2 amide bonds. The van der Waals surface area contributed by atoms with E-state index in [1.165, 1.54) is 0 Å². The van der Waals surface area contributed by atoms with Crippen molar-refractivity contribution in [3.05, 3.63) is 59.7 Å². The molecular weight excluding hydrogens is 356 g/mol. The molecule has 146 valence electrons. The smallest absolute Gasteiger partial charge is 0.254 e. The number of carbonyl (C=O) groups excluding carboxylic acids is 2. The van der Waals surface area contributed by atoms with Gasteiger partial charge in [0.1, 0.15) is 0 Å². The largest absolute Gasteiger partial charge is 0.454 e. The molecule has 0 radical (unpaired) electrons. The van der Waals surface area contributed by atoms with Crippen molar-refractivity contribution < 1.29 is 19.1 Å². The molecule has 0 spiro atoms. The Hall–Kier alpha value is -3.02. The molecule has 6 heteroatoms. The number of benzene rings is 2. The highest BCUT2D eigenvalue weighted by Gasteiger charge is 2.39. The number of ether oxygens (including phenoxy) is 2. The van der Waals surface area contributed by atoms with Gasteiger partial charge in [-0.1, -0.05) is 30.3 Å². The SMILES string of the molecule is CC(C)N(Cc1ccccc1)C(=O)C1CN(C(=O)c2ccc3c(c2)OCO3)C1. The van der Waals surface area contributed by atoms with Crippen LogP contribution < -0.4 is 9.47 Å². The maximum Gasteiger partial charge on any atom is 0.254 e. The third-order valence-electron chi connectivity index (χ3n) is 5.24. The van der Waals surface area contributed by atoms with Crippen LogP contribution in [0.15, 0.2) is 48.5 Å². The first kappa shape index (κ1) is 18.3. The van der Waals surface area contributed by atoms with E-state index in [-0.39, 0.29) is 30.6 Å². The summed E-state index contributed by atoms with van der Waals surface area (Å²) in [6.45, 7) is 5.71. The first-order chi connectivity index (χ1) is 13.5. The molecule has 0 bridgehead atoms. The van der Waals surface area contributed by atoms with Gasteiger partial charge in [0, 0.05) is 31.2 Å². The molecule has 1 saturated heterocycles. The van der Waals surface area contributed by atoms with E-state index in [0.717, 1.165) is 5.56 Å². The molecule has 4 rings (SSSR count). The van der Waals surface area contributed by atoms with E-state index in [2.05, 4.69) is 0 Å². The lowest BCUT2D eigenvalue weighted by atomic mass is 9.96. The Morgan fingerprint density at radius 2 is 1.79 bits per heavy atom. The van der Waals surface area contributed by atoms with Crippen molar-refractivity contribution in [3.8, 4) is 11.5 Å². The van der Waals surface area contributed by atoms with Gasteiger partial charge in [-0.2, -0.15) is 0 Å². The second-order valence-corrected chi connectivity index (χ2v) is 7.52. The minimum atomic E-state index is -0.149. The Morgan fingerprint density at radius 3 is 2.50 bits per heavy atom. The summed E-state index contributed by atoms with van der Waals surface area (Å²) in [4.78, 5) is 29.3. The van der Waals surface area contributed by atoms with Gasteiger partial charge in [0.2, 0.25) is 12.7 Å². The van der Waals surface area contributed by atoms with E-state index >= 15 is 0 Å². The summed E-state index contributed by atoms with van der Waals surface area (Å²) in [5.74, 6) is 1.12. The molecule has 6 nitrogen and oxygen atoms in total. The Bertz CT molecular complexity index is 875. The topological polar surface area (TPSA) is 59.1 Å². The third kappa shape index (κ3) is 3.54. The molecule has 0 N–H and O–H groups in total. The van der Waals surface area contributed by atoms with Gasteiger partial charge in [-0.25, -0.2) is 0 Å². The number of nitrogens with zero attached hydrogens (tertiary/aromatic N) is 2. The summed E-state index contributed by atoms with van der Waals surface area (Å²) in [7, 11) is 0. The average Bonchev–Trinajstić information content (AvgIpc) is 3.13. The number of hydrogen-bond donors (Lipinski definition) is 0. The van der Waals surface area contributed by atoms with E-state index < -0.39 is 0 Å². The van der Waals surface area contributed by atoms with Crippen LogP contribution in [0, 0.1) is 5.92 Å². The van der Waals surface area contributed by atoms with Crippen molar-refractivity contribution in [1.29, 1.82) is 0 Å². The summed E-state index contributed by atoms with van der Waals surface area (Å²) in [6.07, 6.45) is 0. The summed E-state index contributed by atoms with van der Waals surface area (Å²) in [5, 5.41) is 0. The normalized spacial score (nSPS) is 15.5. The fourth-order valence-electron chi connectivity index (χ4n) is 3.54. The fraction of sp³-hybridized carbons (Fsp3) is 0.364. The molecule has 2 heterocycles. The highest BCUT2D eigenvalue weighted by atomic mass is 16.7. The number of rotatable bonds is 5. The molecule has 2 aliphatic heterocycles. The van der Waals surface area contributed by atoms with Crippen molar-refractivity contribution in [2.45, 2.75) is 26.4 Å². The maximum atomic E-state index is 13.0. The predicted octanol–water partition coefficient (Wildman–Crippen LogP) is 2.92. The summed E-state index contributed by atoms with van der Waals surface area (Å²) in [6, 6.07) is 15.3. The van der Waals surface area contributed by atoms with Crippen molar-refractivity contribution in [2.75, 3.05) is 19.9 Å². The van der Waals surface area contributed by atoms with Gasteiger partial charge in [-0.3, -0.25) is 9.59 Å². The number of amides is 2. The van der Waals surface area contributed by atoms with E-state index in [1.54, 1.807) is 23.1 Å². The number of likely N-dealkylation sites (tertiary alicyclic amines) is 1. The van der Waals surface area contributed by atoms with Gasteiger partial charge in [-0.15, -0.1) is 0 Å². The van der Waals surface area contributed by atoms with Gasteiger partial charge < -0.3 is 19.3 Å². The van der Waals surface area contributed by atoms with Crippen LogP contribution in [0.2, 0.25) is 0 Å². The van der Waals surface area contributed by atoms with Crippen LogP contribution in [0.3, 0.4) is 0 Å². The third-order valence-corrected chi connectivity index (χ3v) is 5.24. The molecule has 0 atom stereocenters. The lowest BCUT2D eigenvalue weighted by molar-refractivity contribution is -0.142. The Balaban J connectivity index is 1.38. The first-order valence-corrected chi connectivity index (χ1v) is 9.56. The lowest BCUT2D eigenvalue weighted by Gasteiger charge is -2.41. The van der Waals surface area contributed by atoms with Crippen LogP contribution in [0.5, 0.6) is 11.5 Å². The van der Waals surface area contributed by atoms with Crippen LogP contribution >= 0.6 is 0 Å². The van der Waals surface area contributed by atoms with Crippen LogP contribution in [0.1, 0.15) is 29.8 Å². The van der Waals surface area contributed by atoms with Gasteiger partial charge in [0.05, 0.1) is 5.92 Å². The van der Waals surface area contributed by atoms with Crippen molar-refractivity contribution in [1.82, 2.24) is 9.80 Å². The highest BCUT2D eigenvalue weighted by molar-refractivity contribution is 5.96. The summed E-state index contributed by atoms with van der Waals surface area (Å²) in [5.41, 5.74) is 1.66. The highest BCUT2D eigenvalue weighted by Crippen LogP contribution is 2.33. The molecular formula is C22H24N2O4. The van der Waals surface area contributed by atoms with E-state index in [1.807, 2.05) is 49.1 Å². The minimum Gasteiger partial charge on any atom is -0.454 e. The molecule has 2 aromatic carbocycles. The van der Waals surface area contributed by atoms with Gasteiger partial charge >= 0.3 is 0 Å². The van der Waals surface area contributed by atoms with Crippen molar-refractivity contribution >= 4 is 11.8 Å². The Labute approximate surface area is 164 Å². The van der Waals surface area contributed by atoms with E-state index in [9.17, 15) is 9.59 Å².